The monoisotopic (exact) mass is 821 g/mol. The summed E-state index contributed by atoms with van der Waals surface area (Å²) in [6, 6.07) is 80.7. The lowest BCUT2D eigenvalue weighted by molar-refractivity contribution is 0.588. The van der Waals surface area contributed by atoms with Crippen molar-refractivity contribution in [2.45, 2.75) is 56.8 Å². The number of fused-ring (bicyclic) bond motifs is 13. The van der Waals surface area contributed by atoms with Gasteiger partial charge in [-0.05, 0) is 137 Å². The molecule has 12 rings (SSSR count). The van der Waals surface area contributed by atoms with E-state index in [2.05, 4.69) is 252 Å². The predicted octanol–water partition coefficient (Wildman–Crippen LogP) is 16.3. The lowest BCUT2D eigenvalue weighted by Crippen LogP contribution is -2.29. The van der Waals surface area contributed by atoms with Gasteiger partial charge in [-0.15, -0.1) is 0 Å². The maximum atomic E-state index is 2.53. The van der Waals surface area contributed by atoms with Crippen molar-refractivity contribution < 1.29 is 0 Å². The van der Waals surface area contributed by atoms with Gasteiger partial charge < -0.3 is 4.90 Å². The average molecular weight is 822 g/mol. The van der Waals surface area contributed by atoms with Gasteiger partial charge in [0.1, 0.15) is 0 Å². The third-order valence-electron chi connectivity index (χ3n) is 14.7. The molecule has 0 saturated heterocycles. The molecule has 3 aliphatic carbocycles. The summed E-state index contributed by atoms with van der Waals surface area (Å²) in [5.74, 6) is 0.446. The summed E-state index contributed by atoms with van der Waals surface area (Å²) in [4.78, 5) is 2.49. The van der Waals surface area contributed by atoms with Gasteiger partial charge in [0.05, 0.1) is 10.8 Å². The van der Waals surface area contributed by atoms with Crippen LogP contribution >= 0.6 is 0 Å². The lowest BCUT2D eigenvalue weighted by atomic mass is 9.67. The largest absolute Gasteiger partial charge is 0.310 e. The van der Waals surface area contributed by atoms with E-state index in [9.17, 15) is 0 Å². The van der Waals surface area contributed by atoms with E-state index in [0.29, 0.717) is 5.92 Å². The molecule has 308 valence electrons. The maximum Gasteiger partial charge on any atom is 0.0726 e. The Bertz CT molecular complexity index is 3260. The molecular weight excluding hydrogens is 771 g/mol. The van der Waals surface area contributed by atoms with Crippen LogP contribution in [0.5, 0.6) is 0 Å². The van der Waals surface area contributed by atoms with Crippen molar-refractivity contribution in [1.29, 1.82) is 0 Å². The van der Waals surface area contributed by atoms with Gasteiger partial charge in [-0.3, -0.25) is 0 Å². The molecule has 0 aliphatic heterocycles. The summed E-state index contributed by atoms with van der Waals surface area (Å²) >= 11 is 0. The first-order valence-electron chi connectivity index (χ1n) is 23.0. The molecule has 0 saturated carbocycles. The Balaban J connectivity index is 1.12. The molecule has 1 spiro atoms. The van der Waals surface area contributed by atoms with Crippen LogP contribution in [0, 0.1) is 0 Å². The topological polar surface area (TPSA) is 3.24 Å². The first-order chi connectivity index (χ1) is 31.2. The Morgan fingerprint density at radius 3 is 1.27 bits per heavy atom. The molecule has 2 unspecified atom stereocenters. The lowest BCUT2D eigenvalue weighted by Gasteiger charge is -2.35. The van der Waals surface area contributed by atoms with E-state index in [1.165, 1.54) is 89.0 Å². The highest BCUT2D eigenvalue weighted by Gasteiger charge is 2.52. The van der Waals surface area contributed by atoms with E-state index in [4.69, 9.17) is 0 Å². The average Bonchev–Trinajstić information content (AvgIpc) is 3.91. The highest BCUT2D eigenvalue weighted by atomic mass is 15.1. The van der Waals surface area contributed by atoms with Crippen molar-refractivity contribution in [3.05, 3.63) is 268 Å². The first kappa shape index (κ1) is 38.5. The SMILES string of the molecule is CC(C)c1ccc(C2(c3ccccc3)c3ccccc3-c3ccc(N(c4ccccc4)c4ccc5c(c4)C4(c6ccccc6-5)c5ccccc5-c5ccc(C(C)(C)C)cc54)cc32)cc1. The predicted molar refractivity (Wildman–Crippen MR) is 268 cm³/mol. The molecule has 2 atom stereocenters. The molecular formula is C63H51N. The number of hydrogen-bond donors (Lipinski definition) is 0. The van der Waals surface area contributed by atoms with Gasteiger partial charge in [0.15, 0.2) is 0 Å². The van der Waals surface area contributed by atoms with E-state index >= 15 is 0 Å². The van der Waals surface area contributed by atoms with Crippen molar-refractivity contribution in [3.63, 3.8) is 0 Å². The number of nitrogens with zero attached hydrogens (tertiary/aromatic N) is 1. The van der Waals surface area contributed by atoms with E-state index in [1.807, 2.05) is 0 Å². The van der Waals surface area contributed by atoms with Crippen LogP contribution in [-0.4, -0.2) is 0 Å². The second-order valence-electron chi connectivity index (χ2n) is 19.4. The van der Waals surface area contributed by atoms with Crippen molar-refractivity contribution in [2.24, 2.45) is 0 Å². The van der Waals surface area contributed by atoms with Gasteiger partial charge in [-0.25, -0.2) is 0 Å². The van der Waals surface area contributed by atoms with Crippen molar-refractivity contribution >= 4 is 17.1 Å². The Morgan fingerprint density at radius 2 is 0.750 bits per heavy atom. The standard InChI is InChI=1S/C63H51N/c1-41(2)42-28-30-44(31-29-42)62(43-18-8-6-9-19-43)55-25-15-12-22-49(55)53-36-33-47(39-59(53)62)64(46-20-10-7-11-21-46)48-34-37-54-51-24-14-17-27-57(51)63(60(54)40-48)56-26-16-13-23-50(56)52-35-32-45(38-58(52)63)61(3,4)5/h6-41H,1-5H3. The third kappa shape index (κ3) is 5.31. The fourth-order valence-electron chi connectivity index (χ4n) is 11.8. The van der Waals surface area contributed by atoms with Crippen molar-refractivity contribution in [3.8, 4) is 33.4 Å². The van der Waals surface area contributed by atoms with Gasteiger partial charge in [0.2, 0.25) is 0 Å². The molecule has 0 amide bonds. The quantitative estimate of drug-likeness (QED) is 0.161. The normalized spacial score (nSPS) is 17.4. The number of anilines is 3. The van der Waals surface area contributed by atoms with Crippen molar-refractivity contribution in [1.82, 2.24) is 0 Å². The zero-order valence-electron chi connectivity index (χ0n) is 37.2. The van der Waals surface area contributed by atoms with Crippen molar-refractivity contribution in [2.75, 3.05) is 4.90 Å². The number of hydrogen-bond acceptors (Lipinski definition) is 1. The molecule has 0 N–H and O–H groups in total. The molecule has 0 fully saturated rings. The molecule has 0 heterocycles. The smallest absolute Gasteiger partial charge is 0.0726 e. The van der Waals surface area contributed by atoms with E-state index in [-0.39, 0.29) is 5.41 Å². The van der Waals surface area contributed by atoms with Gasteiger partial charge in [-0.1, -0.05) is 211 Å². The summed E-state index contributed by atoms with van der Waals surface area (Å²) < 4.78 is 0. The third-order valence-corrected chi connectivity index (χ3v) is 14.7. The Morgan fingerprint density at radius 1 is 0.344 bits per heavy atom. The molecule has 1 nitrogen and oxygen atoms in total. The molecule has 0 radical (unpaired) electrons. The van der Waals surface area contributed by atoms with E-state index in [0.717, 1.165) is 17.1 Å². The minimum Gasteiger partial charge on any atom is -0.310 e. The zero-order valence-corrected chi connectivity index (χ0v) is 37.2. The summed E-state index contributed by atoms with van der Waals surface area (Å²) in [6.45, 7) is 11.5. The van der Waals surface area contributed by atoms with Gasteiger partial charge >= 0.3 is 0 Å². The van der Waals surface area contributed by atoms with Crippen LogP contribution in [0.25, 0.3) is 33.4 Å². The zero-order chi connectivity index (χ0) is 43.4. The Kier molecular flexibility index (Phi) is 8.50. The second kappa shape index (κ2) is 14.1. The van der Waals surface area contributed by atoms with Crippen LogP contribution < -0.4 is 4.90 Å². The fourth-order valence-corrected chi connectivity index (χ4v) is 11.8. The molecule has 3 aliphatic rings. The van der Waals surface area contributed by atoms with Gasteiger partial charge in [0.25, 0.3) is 0 Å². The van der Waals surface area contributed by atoms with E-state index < -0.39 is 10.8 Å². The Labute approximate surface area is 378 Å². The first-order valence-corrected chi connectivity index (χ1v) is 23.0. The molecule has 1 heteroatoms. The van der Waals surface area contributed by atoms with Crippen LogP contribution in [0.2, 0.25) is 0 Å². The summed E-state index contributed by atoms with van der Waals surface area (Å²) in [6.07, 6.45) is 0. The summed E-state index contributed by atoms with van der Waals surface area (Å²) in [5, 5.41) is 0. The fraction of sp³-hybridized carbons (Fsp3) is 0.143. The van der Waals surface area contributed by atoms with Crippen LogP contribution in [-0.2, 0) is 16.2 Å². The summed E-state index contributed by atoms with van der Waals surface area (Å²) in [7, 11) is 0. The minimum atomic E-state index is -0.521. The highest BCUT2D eigenvalue weighted by Crippen LogP contribution is 2.64. The molecule has 9 aromatic carbocycles. The number of para-hydroxylation sites is 1. The van der Waals surface area contributed by atoms with Crippen LogP contribution in [0.15, 0.2) is 212 Å². The van der Waals surface area contributed by atoms with Crippen LogP contribution in [0.1, 0.15) is 96.2 Å². The molecule has 0 aromatic heterocycles. The second-order valence-corrected chi connectivity index (χ2v) is 19.4. The highest BCUT2D eigenvalue weighted by molar-refractivity contribution is 5.97. The molecule has 0 bridgehead atoms. The van der Waals surface area contributed by atoms with Crippen LogP contribution in [0.4, 0.5) is 17.1 Å². The number of rotatable bonds is 6. The van der Waals surface area contributed by atoms with E-state index in [1.54, 1.807) is 0 Å². The van der Waals surface area contributed by atoms with Gasteiger partial charge in [0, 0.05) is 17.1 Å². The van der Waals surface area contributed by atoms with Crippen LogP contribution in [0.3, 0.4) is 0 Å². The molecule has 64 heavy (non-hydrogen) atoms. The number of benzene rings is 9. The minimum absolute atomic E-state index is 0.00341. The maximum absolute atomic E-state index is 2.53. The summed E-state index contributed by atoms with van der Waals surface area (Å²) in [5.41, 5.74) is 23.5. The Hall–Kier alpha value is -7.22. The molecule has 9 aromatic rings. The van der Waals surface area contributed by atoms with Gasteiger partial charge in [-0.2, -0.15) is 0 Å².